The van der Waals surface area contributed by atoms with Crippen LogP contribution >= 0.6 is 0 Å². The molecule has 1 aliphatic carbocycles. The van der Waals surface area contributed by atoms with Crippen molar-refractivity contribution in [1.82, 2.24) is 0 Å². The molecule has 0 heterocycles. The minimum atomic E-state index is -1.03. The second-order valence-corrected chi connectivity index (χ2v) is 8.55. The molecule has 1 unspecified atom stereocenters. The summed E-state index contributed by atoms with van der Waals surface area (Å²) in [6.07, 6.45) is 6.70. The highest BCUT2D eigenvalue weighted by Crippen LogP contribution is 2.42. The highest BCUT2D eigenvalue weighted by molar-refractivity contribution is 5.81. The second-order valence-electron chi connectivity index (χ2n) is 8.55. The van der Waals surface area contributed by atoms with Crippen LogP contribution in [0.2, 0.25) is 0 Å². The Morgan fingerprint density at radius 3 is 2.52 bits per heavy atom. The third-order valence-electron chi connectivity index (χ3n) is 5.84. The van der Waals surface area contributed by atoms with Gasteiger partial charge in [0.15, 0.2) is 0 Å². The summed E-state index contributed by atoms with van der Waals surface area (Å²) in [7, 11) is 1.29. The van der Waals surface area contributed by atoms with Gasteiger partial charge in [-0.3, -0.25) is 4.79 Å². The van der Waals surface area contributed by atoms with E-state index in [9.17, 15) is 9.59 Å². The average Bonchev–Trinajstić information content (AvgIpc) is 2.69. The van der Waals surface area contributed by atoms with Gasteiger partial charge in [0.1, 0.15) is 0 Å². The lowest BCUT2D eigenvalue weighted by Gasteiger charge is -2.34. The van der Waals surface area contributed by atoms with E-state index in [1.165, 1.54) is 31.9 Å². The van der Waals surface area contributed by atoms with Crippen LogP contribution in [-0.2, 0) is 19.1 Å². The number of esters is 2. The molecule has 158 valence electrons. The maximum Gasteiger partial charge on any atom is 0.351 e. The van der Waals surface area contributed by atoms with Gasteiger partial charge in [-0.25, -0.2) is 4.79 Å². The molecule has 0 radical (unpaired) electrons. The van der Waals surface area contributed by atoms with E-state index in [0.29, 0.717) is 5.56 Å². The number of benzene rings is 1. The van der Waals surface area contributed by atoms with Crippen molar-refractivity contribution in [2.24, 2.45) is 5.41 Å². The summed E-state index contributed by atoms with van der Waals surface area (Å²) in [5.74, 6) is -1.01. The fourth-order valence-electron chi connectivity index (χ4n) is 4.08. The highest BCUT2D eigenvalue weighted by Gasteiger charge is 2.28. The minimum absolute atomic E-state index is 0.146. The fourth-order valence-corrected chi connectivity index (χ4v) is 4.08. The lowest BCUT2D eigenvalue weighted by molar-refractivity contribution is -0.166. The zero-order chi connectivity index (χ0) is 21.4. The van der Waals surface area contributed by atoms with E-state index in [4.69, 9.17) is 9.47 Å². The highest BCUT2D eigenvalue weighted by atomic mass is 16.6. The molecule has 0 aliphatic heterocycles. The molecule has 4 nitrogen and oxygen atoms in total. The SMILES string of the molecule is COC(=O)C(OC(=O)CC=C(C)CCC1=C(C)CCCC1(C)C)c1ccccc1. The Labute approximate surface area is 175 Å². The molecule has 2 rings (SSSR count). The molecule has 0 bridgehead atoms. The van der Waals surface area contributed by atoms with Gasteiger partial charge in [-0.05, 0) is 51.4 Å². The maximum absolute atomic E-state index is 12.3. The van der Waals surface area contributed by atoms with Crippen LogP contribution in [0.1, 0.15) is 77.9 Å². The lowest BCUT2D eigenvalue weighted by Crippen LogP contribution is -2.21. The molecule has 0 saturated heterocycles. The summed E-state index contributed by atoms with van der Waals surface area (Å²) in [6.45, 7) is 8.97. The predicted octanol–water partition coefficient (Wildman–Crippen LogP) is 6.09. The Hall–Kier alpha value is -2.36. The van der Waals surface area contributed by atoms with Gasteiger partial charge in [0.2, 0.25) is 6.10 Å². The largest absolute Gasteiger partial charge is 0.466 e. The molecule has 1 aliphatic rings. The maximum atomic E-state index is 12.3. The Balaban J connectivity index is 1.94. The van der Waals surface area contributed by atoms with Gasteiger partial charge < -0.3 is 9.47 Å². The number of methoxy groups -OCH3 is 1. The summed E-state index contributed by atoms with van der Waals surface area (Å²) in [5.41, 5.74) is 5.13. The van der Waals surface area contributed by atoms with E-state index < -0.39 is 18.0 Å². The molecule has 0 saturated carbocycles. The molecule has 4 heteroatoms. The number of ether oxygens (including phenoxy) is 2. The molecule has 0 amide bonds. The van der Waals surface area contributed by atoms with Crippen LogP contribution < -0.4 is 0 Å². The molecule has 0 spiro atoms. The van der Waals surface area contributed by atoms with Gasteiger partial charge in [0, 0.05) is 5.56 Å². The molecule has 29 heavy (non-hydrogen) atoms. The summed E-state index contributed by atoms with van der Waals surface area (Å²) in [6, 6.07) is 8.94. The quantitative estimate of drug-likeness (QED) is 0.393. The number of hydrogen-bond acceptors (Lipinski definition) is 4. The van der Waals surface area contributed by atoms with Gasteiger partial charge in [-0.15, -0.1) is 0 Å². The zero-order valence-corrected chi connectivity index (χ0v) is 18.4. The number of rotatable bonds is 8. The Bertz CT molecular complexity index is 771. The van der Waals surface area contributed by atoms with Crippen molar-refractivity contribution in [3.05, 3.63) is 58.7 Å². The van der Waals surface area contributed by atoms with Crippen molar-refractivity contribution in [2.75, 3.05) is 7.11 Å². The Kier molecular flexibility index (Phi) is 8.24. The Morgan fingerprint density at radius 2 is 1.90 bits per heavy atom. The van der Waals surface area contributed by atoms with Gasteiger partial charge in [-0.2, -0.15) is 0 Å². The first-order chi connectivity index (χ1) is 13.7. The topological polar surface area (TPSA) is 52.6 Å². The average molecular weight is 399 g/mol. The van der Waals surface area contributed by atoms with E-state index in [-0.39, 0.29) is 11.8 Å². The van der Waals surface area contributed by atoms with E-state index in [0.717, 1.165) is 18.4 Å². The van der Waals surface area contributed by atoms with Crippen molar-refractivity contribution in [2.45, 2.75) is 72.3 Å². The summed E-state index contributed by atoms with van der Waals surface area (Å²) >= 11 is 0. The molecule has 1 aromatic carbocycles. The van der Waals surface area contributed by atoms with E-state index >= 15 is 0 Å². The number of carbonyl (C=O) groups is 2. The van der Waals surface area contributed by atoms with Gasteiger partial charge in [0.25, 0.3) is 0 Å². The second kappa shape index (κ2) is 10.4. The van der Waals surface area contributed by atoms with Crippen LogP contribution in [0.3, 0.4) is 0 Å². The molecule has 0 aromatic heterocycles. The fraction of sp³-hybridized carbons (Fsp3) is 0.520. The van der Waals surface area contributed by atoms with Crippen molar-refractivity contribution in [3.8, 4) is 0 Å². The molecule has 1 atom stereocenters. The minimum Gasteiger partial charge on any atom is -0.466 e. The van der Waals surface area contributed by atoms with E-state index in [1.54, 1.807) is 29.8 Å². The third-order valence-corrected chi connectivity index (χ3v) is 5.84. The monoisotopic (exact) mass is 398 g/mol. The zero-order valence-electron chi connectivity index (χ0n) is 18.4. The molecular formula is C25H34O4. The van der Waals surface area contributed by atoms with Crippen LogP contribution in [0.5, 0.6) is 0 Å². The van der Waals surface area contributed by atoms with Crippen molar-refractivity contribution < 1.29 is 19.1 Å². The predicted molar refractivity (Wildman–Crippen MR) is 115 cm³/mol. The first-order valence-corrected chi connectivity index (χ1v) is 10.4. The smallest absolute Gasteiger partial charge is 0.351 e. The van der Waals surface area contributed by atoms with Crippen molar-refractivity contribution in [1.29, 1.82) is 0 Å². The van der Waals surface area contributed by atoms with Gasteiger partial charge in [0.05, 0.1) is 13.5 Å². The molecule has 0 N–H and O–H groups in total. The lowest BCUT2D eigenvalue weighted by atomic mass is 9.71. The first kappa shape index (κ1) is 22.9. The summed E-state index contributed by atoms with van der Waals surface area (Å²) in [4.78, 5) is 24.4. The number of hydrogen-bond donors (Lipinski definition) is 0. The third kappa shape index (κ3) is 6.59. The Morgan fingerprint density at radius 1 is 1.21 bits per heavy atom. The van der Waals surface area contributed by atoms with Gasteiger partial charge >= 0.3 is 11.9 Å². The van der Waals surface area contributed by atoms with E-state index in [1.807, 2.05) is 19.1 Å². The number of carbonyl (C=O) groups excluding carboxylic acids is 2. The van der Waals surface area contributed by atoms with Crippen LogP contribution in [0.25, 0.3) is 0 Å². The molecule has 1 aromatic rings. The number of allylic oxidation sites excluding steroid dienone is 3. The summed E-state index contributed by atoms with van der Waals surface area (Å²) < 4.78 is 10.2. The van der Waals surface area contributed by atoms with E-state index in [2.05, 4.69) is 20.8 Å². The van der Waals surface area contributed by atoms with Gasteiger partial charge in [-0.1, -0.05) is 67.0 Å². The van der Waals surface area contributed by atoms with Crippen molar-refractivity contribution >= 4 is 11.9 Å². The van der Waals surface area contributed by atoms with Crippen LogP contribution in [0.15, 0.2) is 53.1 Å². The van der Waals surface area contributed by atoms with Crippen LogP contribution in [0, 0.1) is 5.41 Å². The molecular weight excluding hydrogens is 364 g/mol. The summed E-state index contributed by atoms with van der Waals surface area (Å²) in [5, 5.41) is 0. The first-order valence-electron chi connectivity index (χ1n) is 10.4. The standard InChI is InChI=1S/C25H34O4/c1-18(13-15-21-19(2)10-9-17-25(21,3)4)14-16-22(26)29-23(24(27)28-5)20-11-7-6-8-12-20/h6-8,11-12,14,23H,9-10,13,15-17H2,1-5H3. The van der Waals surface area contributed by atoms with Crippen LogP contribution in [0.4, 0.5) is 0 Å². The molecule has 0 fully saturated rings. The van der Waals surface area contributed by atoms with Crippen molar-refractivity contribution in [3.63, 3.8) is 0 Å². The normalized spacial score (nSPS) is 17.6. The van der Waals surface area contributed by atoms with Crippen LogP contribution in [-0.4, -0.2) is 19.0 Å².